The second-order valence-electron chi connectivity index (χ2n) is 5.73. The molecule has 0 unspecified atom stereocenters. The third-order valence-electron chi connectivity index (χ3n) is 3.81. The van der Waals surface area contributed by atoms with Crippen molar-refractivity contribution in [3.63, 3.8) is 0 Å². The maximum Gasteiger partial charge on any atom is 0.341 e. The summed E-state index contributed by atoms with van der Waals surface area (Å²) in [5, 5.41) is 3.12. The van der Waals surface area contributed by atoms with Crippen LogP contribution in [0.1, 0.15) is 40.9 Å². The van der Waals surface area contributed by atoms with Gasteiger partial charge >= 0.3 is 5.97 Å². The van der Waals surface area contributed by atoms with Crippen LogP contribution < -0.4 is 5.32 Å². The topological polar surface area (TPSA) is 55.4 Å². The molecule has 1 N–H and O–H groups in total. The highest BCUT2D eigenvalue weighted by molar-refractivity contribution is 6.46. The first-order valence-electron chi connectivity index (χ1n) is 8.00. The second kappa shape index (κ2) is 9.26. The summed E-state index contributed by atoms with van der Waals surface area (Å²) in [6.07, 6.45) is 0.703. The summed E-state index contributed by atoms with van der Waals surface area (Å²) in [7, 11) is 0. The van der Waals surface area contributed by atoms with Gasteiger partial charge in [0.1, 0.15) is 0 Å². The standard InChI is InChI=1S/C19H18Cl3NO3/c1-3-15(12-6-4-11(2)5-7-12)23-16(24)10-26-19(25)17-13(20)8-9-14(21)18(17)22/h4-9,15H,3,10H2,1-2H3,(H,23,24)/t15-/m1/s1. The van der Waals surface area contributed by atoms with Crippen molar-refractivity contribution in [2.45, 2.75) is 26.3 Å². The Hall–Kier alpha value is -1.75. The lowest BCUT2D eigenvalue weighted by Crippen LogP contribution is -2.32. The quantitative estimate of drug-likeness (QED) is 0.510. The Kier molecular flexibility index (Phi) is 7.33. The molecule has 1 amide bonds. The lowest BCUT2D eigenvalue weighted by molar-refractivity contribution is -0.125. The monoisotopic (exact) mass is 413 g/mol. The number of ether oxygens (including phenoxy) is 1. The van der Waals surface area contributed by atoms with Crippen molar-refractivity contribution in [3.8, 4) is 0 Å². The molecule has 0 aliphatic heterocycles. The number of amides is 1. The number of carbonyl (C=O) groups excluding carboxylic acids is 2. The van der Waals surface area contributed by atoms with Crippen LogP contribution in [-0.2, 0) is 9.53 Å². The highest BCUT2D eigenvalue weighted by Crippen LogP contribution is 2.31. The van der Waals surface area contributed by atoms with Crippen molar-refractivity contribution >= 4 is 46.7 Å². The molecule has 2 aromatic rings. The summed E-state index contributed by atoms with van der Waals surface area (Å²) >= 11 is 17.8. The molecule has 26 heavy (non-hydrogen) atoms. The van der Waals surface area contributed by atoms with Crippen LogP contribution in [0.3, 0.4) is 0 Å². The van der Waals surface area contributed by atoms with E-state index in [2.05, 4.69) is 5.32 Å². The highest BCUT2D eigenvalue weighted by atomic mass is 35.5. The molecule has 0 spiro atoms. The van der Waals surface area contributed by atoms with Crippen molar-refractivity contribution in [2.75, 3.05) is 6.61 Å². The predicted molar refractivity (Wildman–Crippen MR) is 104 cm³/mol. The number of halogens is 3. The lowest BCUT2D eigenvalue weighted by atomic mass is 10.0. The second-order valence-corrected chi connectivity index (χ2v) is 6.93. The van der Waals surface area contributed by atoms with Gasteiger partial charge in [-0.1, -0.05) is 71.6 Å². The molecule has 2 aromatic carbocycles. The van der Waals surface area contributed by atoms with Gasteiger partial charge in [-0.2, -0.15) is 0 Å². The fourth-order valence-corrected chi connectivity index (χ4v) is 3.06. The van der Waals surface area contributed by atoms with Crippen molar-refractivity contribution in [1.82, 2.24) is 5.32 Å². The zero-order valence-electron chi connectivity index (χ0n) is 14.3. The Morgan fingerprint density at radius 1 is 1.04 bits per heavy atom. The Bertz CT molecular complexity index is 806. The number of rotatable bonds is 6. The fraction of sp³-hybridized carbons (Fsp3) is 0.263. The predicted octanol–water partition coefficient (Wildman–Crippen LogP) is 5.38. The molecule has 0 aliphatic carbocycles. The lowest BCUT2D eigenvalue weighted by Gasteiger charge is -2.18. The van der Waals surface area contributed by atoms with Gasteiger partial charge in [0.25, 0.3) is 5.91 Å². The van der Waals surface area contributed by atoms with Crippen LogP contribution >= 0.6 is 34.8 Å². The molecular formula is C19H18Cl3NO3. The molecule has 0 fully saturated rings. The molecule has 0 saturated heterocycles. The van der Waals surface area contributed by atoms with Gasteiger partial charge in [0.15, 0.2) is 6.61 Å². The average molecular weight is 415 g/mol. The van der Waals surface area contributed by atoms with E-state index in [0.29, 0.717) is 6.42 Å². The van der Waals surface area contributed by atoms with Crippen LogP contribution in [0, 0.1) is 6.92 Å². The first kappa shape index (κ1) is 20.6. The van der Waals surface area contributed by atoms with Crippen LogP contribution in [0.25, 0.3) is 0 Å². The maximum absolute atomic E-state index is 12.2. The van der Waals surface area contributed by atoms with E-state index >= 15 is 0 Å². The van der Waals surface area contributed by atoms with Crippen molar-refractivity contribution in [2.24, 2.45) is 0 Å². The van der Waals surface area contributed by atoms with E-state index in [1.165, 1.54) is 12.1 Å². The molecule has 4 nitrogen and oxygen atoms in total. The smallest absolute Gasteiger partial charge is 0.341 e. The van der Waals surface area contributed by atoms with Crippen LogP contribution in [0.2, 0.25) is 15.1 Å². The summed E-state index contributed by atoms with van der Waals surface area (Å²) in [4.78, 5) is 24.3. The third kappa shape index (κ3) is 5.13. The molecule has 0 aliphatic rings. The first-order valence-corrected chi connectivity index (χ1v) is 9.13. The van der Waals surface area contributed by atoms with Gasteiger partial charge in [-0.25, -0.2) is 4.79 Å². The summed E-state index contributed by atoms with van der Waals surface area (Å²) in [6, 6.07) is 10.6. The number of nitrogens with one attached hydrogen (secondary N) is 1. The summed E-state index contributed by atoms with van der Waals surface area (Å²) in [5.74, 6) is -1.22. The van der Waals surface area contributed by atoms with E-state index in [4.69, 9.17) is 39.5 Å². The van der Waals surface area contributed by atoms with Crippen LogP contribution in [0.4, 0.5) is 0 Å². The normalized spacial score (nSPS) is 11.7. The molecule has 138 valence electrons. The van der Waals surface area contributed by atoms with Crippen molar-refractivity contribution in [1.29, 1.82) is 0 Å². The summed E-state index contributed by atoms with van der Waals surface area (Å²) in [6.45, 7) is 3.51. The SMILES string of the molecule is CC[C@@H](NC(=O)COC(=O)c1c(Cl)ccc(Cl)c1Cl)c1ccc(C)cc1. The fourth-order valence-electron chi connectivity index (χ4n) is 2.37. The number of esters is 1. The molecule has 0 aromatic heterocycles. The Morgan fingerprint density at radius 3 is 2.27 bits per heavy atom. The van der Waals surface area contributed by atoms with Gasteiger partial charge in [-0.3, -0.25) is 4.79 Å². The third-order valence-corrected chi connectivity index (χ3v) is 4.92. The molecule has 1 atom stereocenters. The molecule has 0 saturated carbocycles. The first-order chi connectivity index (χ1) is 12.3. The van der Waals surface area contributed by atoms with Crippen LogP contribution in [0.5, 0.6) is 0 Å². The molecular weight excluding hydrogens is 397 g/mol. The minimum atomic E-state index is -0.805. The minimum absolute atomic E-state index is 0.00401. The van der Waals surface area contributed by atoms with Gasteiger partial charge in [0, 0.05) is 0 Å². The van der Waals surface area contributed by atoms with Gasteiger partial charge in [0.05, 0.1) is 26.7 Å². The molecule has 0 radical (unpaired) electrons. The van der Waals surface area contributed by atoms with Crippen LogP contribution in [0.15, 0.2) is 36.4 Å². The van der Waals surface area contributed by atoms with Gasteiger partial charge < -0.3 is 10.1 Å². The Labute approximate surface area is 167 Å². The van der Waals surface area contributed by atoms with E-state index in [1.807, 2.05) is 38.1 Å². The minimum Gasteiger partial charge on any atom is -0.452 e. The van der Waals surface area contributed by atoms with E-state index in [9.17, 15) is 9.59 Å². The maximum atomic E-state index is 12.2. The van der Waals surface area contributed by atoms with E-state index in [0.717, 1.165) is 11.1 Å². The van der Waals surface area contributed by atoms with Gasteiger partial charge in [-0.05, 0) is 31.0 Å². The molecule has 0 heterocycles. The van der Waals surface area contributed by atoms with Crippen molar-refractivity contribution < 1.29 is 14.3 Å². The zero-order chi connectivity index (χ0) is 19.3. The van der Waals surface area contributed by atoms with Crippen molar-refractivity contribution in [3.05, 3.63) is 68.2 Å². The average Bonchev–Trinajstić information content (AvgIpc) is 2.62. The van der Waals surface area contributed by atoms with E-state index in [1.54, 1.807) is 0 Å². The van der Waals surface area contributed by atoms with Crippen LogP contribution in [-0.4, -0.2) is 18.5 Å². The largest absolute Gasteiger partial charge is 0.452 e. The van der Waals surface area contributed by atoms with E-state index in [-0.39, 0.29) is 26.7 Å². The number of hydrogen-bond acceptors (Lipinski definition) is 3. The number of hydrogen-bond donors (Lipinski definition) is 1. The number of aryl methyl sites for hydroxylation is 1. The van der Waals surface area contributed by atoms with Gasteiger partial charge in [0.2, 0.25) is 0 Å². The molecule has 7 heteroatoms. The van der Waals surface area contributed by atoms with Gasteiger partial charge in [-0.15, -0.1) is 0 Å². The Morgan fingerprint density at radius 2 is 1.65 bits per heavy atom. The zero-order valence-corrected chi connectivity index (χ0v) is 16.6. The summed E-state index contributed by atoms with van der Waals surface area (Å²) < 4.78 is 5.03. The number of benzene rings is 2. The van der Waals surface area contributed by atoms with E-state index < -0.39 is 18.5 Å². The summed E-state index contributed by atoms with van der Waals surface area (Å²) in [5.41, 5.74) is 2.07. The number of carbonyl (C=O) groups is 2. The molecule has 0 bridgehead atoms. The molecule has 2 rings (SSSR count). The Balaban J connectivity index is 1.99. The highest BCUT2D eigenvalue weighted by Gasteiger charge is 2.20.